The van der Waals surface area contributed by atoms with Crippen molar-refractivity contribution in [3.63, 3.8) is 0 Å². The van der Waals surface area contributed by atoms with Gasteiger partial charge in [-0.1, -0.05) is 23.7 Å². The molecule has 5 heteroatoms. The van der Waals surface area contributed by atoms with E-state index < -0.39 is 0 Å². The number of fused-ring (bicyclic) bond motifs is 1. The van der Waals surface area contributed by atoms with Gasteiger partial charge in [0.1, 0.15) is 0 Å². The topological polar surface area (TPSA) is 30.5 Å². The number of anilines is 1. The summed E-state index contributed by atoms with van der Waals surface area (Å²) in [4.78, 5) is 0. The van der Waals surface area contributed by atoms with Crippen LogP contribution < -0.4 is 14.8 Å². The lowest BCUT2D eigenvalue weighted by Crippen LogP contribution is -2.04. The van der Waals surface area contributed by atoms with Gasteiger partial charge in [0, 0.05) is 28.0 Å². The number of rotatable bonds is 3. The second kappa shape index (κ2) is 6.58. The van der Waals surface area contributed by atoms with E-state index in [2.05, 4.69) is 21.2 Å². The molecule has 0 fully saturated rings. The molecule has 0 saturated carbocycles. The van der Waals surface area contributed by atoms with Gasteiger partial charge in [-0.25, -0.2) is 0 Å². The molecule has 0 unspecified atom stereocenters. The third-order valence-electron chi connectivity index (χ3n) is 3.25. The van der Waals surface area contributed by atoms with Gasteiger partial charge in [0.05, 0.1) is 18.9 Å². The van der Waals surface area contributed by atoms with Crippen LogP contribution in [0.4, 0.5) is 5.69 Å². The second-order valence-corrected chi connectivity index (χ2v) is 6.06. The van der Waals surface area contributed by atoms with Crippen LogP contribution in [0.25, 0.3) is 0 Å². The van der Waals surface area contributed by atoms with Crippen molar-refractivity contribution in [1.29, 1.82) is 0 Å². The zero-order valence-electron chi connectivity index (χ0n) is 11.4. The number of halogens is 2. The van der Waals surface area contributed by atoms with Gasteiger partial charge in [0.2, 0.25) is 0 Å². The summed E-state index contributed by atoms with van der Waals surface area (Å²) in [5.74, 6) is 1.65. The molecule has 0 radical (unpaired) electrons. The van der Waals surface area contributed by atoms with Crippen LogP contribution in [0.15, 0.2) is 40.9 Å². The van der Waals surface area contributed by atoms with Gasteiger partial charge in [-0.3, -0.25) is 0 Å². The molecule has 110 valence electrons. The first-order valence-electron chi connectivity index (χ1n) is 6.80. The Kier molecular flexibility index (Phi) is 4.56. The molecule has 1 heterocycles. The van der Waals surface area contributed by atoms with E-state index in [0.717, 1.165) is 33.6 Å². The minimum atomic E-state index is 0.644. The largest absolute Gasteiger partial charge is 0.490 e. The van der Waals surface area contributed by atoms with Crippen molar-refractivity contribution >= 4 is 33.2 Å². The molecule has 0 aromatic heterocycles. The predicted octanol–water partition coefficient (Wildman–Crippen LogP) is 4.88. The molecule has 0 aliphatic carbocycles. The first-order chi connectivity index (χ1) is 10.2. The highest BCUT2D eigenvalue weighted by Gasteiger charge is 2.14. The third-order valence-corrected chi connectivity index (χ3v) is 4.18. The molecule has 0 amide bonds. The second-order valence-electron chi connectivity index (χ2n) is 4.77. The molecular weight excluding hydrogens is 354 g/mol. The van der Waals surface area contributed by atoms with Gasteiger partial charge in [-0.15, -0.1) is 0 Å². The van der Waals surface area contributed by atoms with E-state index in [4.69, 9.17) is 21.1 Å². The van der Waals surface area contributed by atoms with Gasteiger partial charge in [0.25, 0.3) is 0 Å². The van der Waals surface area contributed by atoms with Crippen LogP contribution in [0, 0.1) is 0 Å². The first-order valence-corrected chi connectivity index (χ1v) is 7.97. The molecule has 2 aromatic rings. The Labute approximate surface area is 137 Å². The van der Waals surface area contributed by atoms with Crippen LogP contribution in [0.3, 0.4) is 0 Å². The maximum atomic E-state index is 6.03. The smallest absolute Gasteiger partial charge is 0.166 e. The van der Waals surface area contributed by atoms with Crippen LogP contribution in [0.2, 0.25) is 5.02 Å². The van der Waals surface area contributed by atoms with Gasteiger partial charge >= 0.3 is 0 Å². The number of ether oxygens (including phenoxy) is 2. The molecule has 1 aliphatic heterocycles. The van der Waals surface area contributed by atoms with Gasteiger partial charge < -0.3 is 14.8 Å². The Morgan fingerprint density at radius 2 is 2.00 bits per heavy atom. The fraction of sp³-hybridized carbons (Fsp3) is 0.250. The Morgan fingerprint density at radius 3 is 2.90 bits per heavy atom. The zero-order valence-corrected chi connectivity index (χ0v) is 13.7. The highest BCUT2D eigenvalue weighted by atomic mass is 79.9. The molecule has 0 atom stereocenters. The Hall–Kier alpha value is -1.39. The van der Waals surface area contributed by atoms with Gasteiger partial charge in [0.15, 0.2) is 11.5 Å². The van der Waals surface area contributed by atoms with Crippen LogP contribution in [-0.4, -0.2) is 13.2 Å². The summed E-state index contributed by atoms with van der Waals surface area (Å²) in [6, 6.07) is 11.6. The SMILES string of the molecule is Clc1ccc(Br)c(NCc2cccc3c2OCCCO3)c1. The maximum Gasteiger partial charge on any atom is 0.166 e. The molecule has 3 nitrogen and oxygen atoms in total. The Morgan fingerprint density at radius 1 is 1.14 bits per heavy atom. The van der Waals surface area contributed by atoms with E-state index in [0.29, 0.717) is 24.8 Å². The van der Waals surface area contributed by atoms with E-state index >= 15 is 0 Å². The summed E-state index contributed by atoms with van der Waals surface area (Å²) in [6.45, 7) is 2.03. The van der Waals surface area contributed by atoms with Crippen LogP contribution in [-0.2, 0) is 6.54 Å². The van der Waals surface area contributed by atoms with Crippen molar-refractivity contribution < 1.29 is 9.47 Å². The molecule has 1 aliphatic rings. The summed E-state index contributed by atoms with van der Waals surface area (Å²) in [5, 5.41) is 4.07. The normalized spacial score (nSPS) is 13.6. The molecule has 21 heavy (non-hydrogen) atoms. The monoisotopic (exact) mass is 367 g/mol. The number of hydrogen-bond acceptors (Lipinski definition) is 3. The Balaban J connectivity index is 1.81. The van der Waals surface area contributed by atoms with Crippen molar-refractivity contribution in [3.05, 3.63) is 51.5 Å². The van der Waals surface area contributed by atoms with Crippen LogP contribution >= 0.6 is 27.5 Å². The third kappa shape index (κ3) is 3.44. The minimum absolute atomic E-state index is 0.644. The average molecular weight is 369 g/mol. The van der Waals surface area contributed by atoms with Crippen molar-refractivity contribution in [3.8, 4) is 11.5 Å². The molecule has 0 bridgehead atoms. The summed E-state index contributed by atoms with van der Waals surface area (Å²) in [6.07, 6.45) is 0.904. The highest BCUT2D eigenvalue weighted by Crippen LogP contribution is 2.34. The minimum Gasteiger partial charge on any atom is -0.490 e. The Bertz CT molecular complexity index is 648. The van der Waals surface area contributed by atoms with Gasteiger partial charge in [-0.05, 0) is 40.2 Å². The fourth-order valence-electron chi connectivity index (χ4n) is 2.22. The fourth-order valence-corrected chi connectivity index (χ4v) is 2.78. The number of hydrogen-bond donors (Lipinski definition) is 1. The molecule has 0 saturated heterocycles. The lowest BCUT2D eigenvalue weighted by Gasteiger charge is -2.14. The summed E-state index contributed by atoms with van der Waals surface area (Å²) < 4.78 is 12.5. The molecule has 1 N–H and O–H groups in total. The first kappa shape index (κ1) is 14.5. The zero-order chi connectivity index (χ0) is 14.7. The maximum absolute atomic E-state index is 6.03. The van der Waals surface area contributed by atoms with E-state index in [1.807, 2.05) is 36.4 Å². The van der Waals surface area contributed by atoms with Crippen molar-refractivity contribution in [2.24, 2.45) is 0 Å². The lowest BCUT2D eigenvalue weighted by atomic mass is 10.1. The van der Waals surface area contributed by atoms with Crippen molar-refractivity contribution in [1.82, 2.24) is 0 Å². The van der Waals surface area contributed by atoms with E-state index in [-0.39, 0.29) is 0 Å². The van der Waals surface area contributed by atoms with E-state index in [9.17, 15) is 0 Å². The van der Waals surface area contributed by atoms with Gasteiger partial charge in [-0.2, -0.15) is 0 Å². The van der Waals surface area contributed by atoms with Crippen LogP contribution in [0.1, 0.15) is 12.0 Å². The van der Waals surface area contributed by atoms with E-state index in [1.165, 1.54) is 0 Å². The summed E-state index contributed by atoms with van der Waals surface area (Å²) in [5.41, 5.74) is 2.02. The average Bonchev–Trinajstić information content (AvgIpc) is 2.74. The highest BCUT2D eigenvalue weighted by molar-refractivity contribution is 9.10. The molecule has 0 spiro atoms. The quantitative estimate of drug-likeness (QED) is 0.838. The molecule has 2 aromatic carbocycles. The summed E-state index contributed by atoms with van der Waals surface area (Å²) >= 11 is 9.54. The predicted molar refractivity (Wildman–Crippen MR) is 88.5 cm³/mol. The molecular formula is C16H15BrClNO2. The standard InChI is InChI=1S/C16H15BrClNO2/c17-13-6-5-12(18)9-14(13)19-10-11-3-1-4-15-16(11)21-8-2-7-20-15/h1,3-6,9,19H,2,7-8,10H2. The number of para-hydroxylation sites is 1. The van der Waals surface area contributed by atoms with Crippen molar-refractivity contribution in [2.45, 2.75) is 13.0 Å². The molecule has 3 rings (SSSR count). The van der Waals surface area contributed by atoms with Crippen LogP contribution in [0.5, 0.6) is 11.5 Å². The lowest BCUT2D eigenvalue weighted by molar-refractivity contribution is 0.296. The van der Waals surface area contributed by atoms with Crippen molar-refractivity contribution in [2.75, 3.05) is 18.5 Å². The van der Waals surface area contributed by atoms with E-state index in [1.54, 1.807) is 0 Å². The number of benzene rings is 2. The number of nitrogens with one attached hydrogen (secondary N) is 1. The summed E-state index contributed by atoms with van der Waals surface area (Å²) in [7, 11) is 0.